The van der Waals surface area contributed by atoms with Gasteiger partial charge in [0, 0.05) is 36.3 Å². The fourth-order valence-electron chi connectivity index (χ4n) is 3.88. The van der Waals surface area contributed by atoms with Crippen molar-refractivity contribution in [2.24, 2.45) is 0 Å². The van der Waals surface area contributed by atoms with Gasteiger partial charge in [0.25, 0.3) is 0 Å². The smallest absolute Gasteiger partial charge is 0.392 e. The summed E-state index contributed by atoms with van der Waals surface area (Å²) in [6.45, 7) is 2.26. The third kappa shape index (κ3) is 6.84. The zero-order valence-electron chi connectivity index (χ0n) is 19.6. The van der Waals surface area contributed by atoms with Gasteiger partial charge in [-0.25, -0.2) is 0 Å². The first-order valence-corrected chi connectivity index (χ1v) is 11.6. The molecule has 4 aromatic rings. The van der Waals surface area contributed by atoms with Crippen LogP contribution in [0.15, 0.2) is 53.5 Å². The molecule has 0 atom stereocenters. The van der Waals surface area contributed by atoms with Gasteiger partial charge in [0.1, 0.15) is 6.26 Å². The van der Waals surface area contributed by atoms with Gasteiger partial charge < -0.3 is 25.0 Å². The fourth-order valence-corrected chi connectivity index (χ4v) is 3.88. The number of nitrogens with one attached hydrogen (secondary N) is 3. The maximum Gasteiger partial charge on any atom is 0.416 e. The summed E-state index contributed by atoms with van der Waals surface area (Å²) in [7, 11) is 0. The van der Waals surface area contributed by atoms with E-state index in [4.69, 9.17) is 9.26 Å². The van der Waals surface area contributed by atoms with Gasteiger partial charge in [-0.2, -0.15) is 18.3 Å². The number of nitrogens with zero attached hydrogens (tertiary/aromatic N) is 2. The molecule has 2 aromatic carbocycles. The molecule has 0 aliphatic heterocycles. The molecule has 36 heavy (non-hydrogen) atoms. The van der Waals surface area contributed by atoms with Crippen LogP contribution in [0.2, 0.25) is 0 Å². The van der Waals surface area contributed by atoms with E-state index in [-0.39, 0.29) is 5.56 Å². The average molecular weight is 504 g/mol. The van der Waals surface area contributed by atoms with Crippen LogP contribution in [-0.4, -0.2) is 46.8 Å². The second-order valence-electron chi connectivity index (χ2n) is 8.39. The SMILES string of the molecule is OCc1cc(CNCCCCOCCNc2cc(-c3cnoc3)cc3[nH]ncc23)cc(C(F)(F)F)c1. The molecule has 4 rings (SSSR count). The first-order chi connectivity index (χ1) is 17.4. The topological polar surface area (TPSA) is 108 Å². The molecule has 0 aliphatic rings. The van der Waals surface area contributed by atoms with Gasteiger partial charge in [0.15, 0.2) is 0 Å². The van der Waals surface area contributed by atoms with Gasteiger partial charge in [0.2, 0.25) is 0 Å². The second kappa shape index (κ2) is 12.0. The van der Waals surface area contributed by atoms with Crippen LogP contribution in [0.3, 0.4) is 0 Å². The Morgan fingerprint density at radius 1 is 0.972 bits per heavy atom. The third-order valence-electron chi connectivity index (χ3n) is 5.67. The lowest BCUT2D eigenvalue weighted by molar-refractivity contribution is -0.137. The highest BCUT2D eigenvalue weighted by atomic mass is 19.4. The van der Waals surface area contributed by atoms with Crippen molar-refractivity contribution in [3.8, 4) is 11.1 Å². The zero-order chi connectivity index (χ0) is 25.4. The van der Waals surface area contributed by atoms with E-state index >= 15 is 0 Å². The first-order valence-electron chi connectivity index (χ1n) is 11.6. The molecule has 0 spiro atoms. The van der Waals surface area contributed by atoms with Crippen molar-refractivity contribution in [2.75, 3.05) is 31.6 Å². The van der Waals surface area contributed by atoms with Gasteiger partial charge in [-0.05, 0) is 60.3 Å². The number of anilines is 1. The van der Waals surface area contributed by atoms with Crippen molar-refractivity contribution >= 4 is 16.6 Å². The minimum atomic E-state index is -4.43. The molecule has 0 saturated carbocycles. The van der Waals surface area contributed by atoms with Crippen molar-refractivity contribution in [3.05, 3.63) is 65.7 Å². The standard InChI is InChI=1S/C25H28F3N5O3/c26-25(27,28)21-8-17(7-18(9-21)15-34)12-29-3-1-2-5-35-6-4-30-23-10-19(20-13-32-36-16-20)11-24-22(23)14-31-33-24/h7-11,13-14,16,29-30,34H,1-6,12,15H2,(H,31,33). The Kier molecular flexibility index (Phi) is 8.57. The van der Waals surface area contributed by atoms with E-state index in [0.29, 0.717) is 38.4 Å². The molecule has 8 nitrogen and oxygen atoms in total. The summed E-state index contributed by atoms with van der Waals surface area (Å²) in [4.78, 5) is 0. The van der Waals surface area contributed by atoms with Gasteiger partial charge in [0.05, 0.1) is 36.7 Å². The molecular formula is C25H28F3N5O3. The highest BCUT2D eigenvalue weighted by molar-refractivity contribution is 5.95. The molecule has 0 bridgehead atoms. The normalized spacial score (nSPS) is 11.9. The summed E-state index contributed by atoms with van der Waals surface area (Å²) in [5.74, 6) is 0. The van der Waals surface area contributed by atoms with Crippen LogP contribution in [0, 0.1) is 0 Å². The molecule has 0 radical (unpaired) electrons. The molecule has 0 fully saturated rings. The molecule has 4 N–H and O–H groups in total. The van der Waals surface area contributed by atoms with Crippen LogP contribution in [0.4, 0.5) is 18.9 Å². The van der Waals surface area contributed by atoms with Crippen LogP contribution in [0.25, 0.3) is 22.0 Å². The molecule has 192 valence electrons. The van der Waals surface area contributed by atoms with E-state index < -0.39 is 18.3 Å². The molecule has 11 heteroatoms. The number of hydrogen-bond donors (Lipinski definition) is 4. The summed E-state index contributed by atoms with van der Waals surface area (Å²) in [6.07, 6.45) is 2.24. The van der Waals surface area contributed by atoms with Crippen LogP contribution >= 0.6 is 0 Å². The monoisotopic (exact) mass is 503 g/mol. The Hall–Kier alpha value is -3.41. The minimum absolute atomic E-state index is 0.252. The van der Waals surface area contributed by atoms with Crippen LogP contribution < -0.4 is 10.6 Å². The predicted molar refractivity (Wildman–Crippen MR) is 129 cm³/mol. The second-order valence-corrected chi connectivity index (χ2v) is 8.39. The molecule has 0 unspecified atom stereocenters. The average Bonchev–Trinajstić information content (AvgIpc) is 3.56. The summed E-state index contributed by atoms with van der Waals surface area (Å²) < 4.78 is 49.6. The number of benzene rings is 2. The lowest BCUT2D eigenvalue weighted by Gasteiger charge is -2.12. The van der Waals surface area contributed by atoms with E-state index in [9.17, 15) is 18.3 Å². The molecule has 0 saturated heterocycles. The number of halogens is 3. The van der Waals surface area contributed by atoms with E-state index in [1.54, 1.807) is 24.7 Å². The molecule has 0 aliphatic carbocycles. The van der Waals surface area contributed by atoms with E-state index in [1.807, 2.05) is 12.1 Å². The van der Waals surface area contributed by atoms with E-state index in [0.717, 1.165) is 52.7 Å². The number of hydrogen-bond acceptors (Lipinski definition) is 7. The van der Waals surface area contributed by atoms with Gasteiger partial charge in [-0.3, -0.25) is 5.10 Å². The number of aliphatic hydroxyl groups excluding tert-OH is 1. The van der Waals surface area contributed by atoms with Crippen molar-refractivity contribution < 1.29 is 27.5 Å². The summed E-state index contributed by atoms with van der Waals surface area (Å²) >= 11 is 0. The third-order valence-corrected chi connectivity index (χ3v) is 5.67. The Bertz CT molecular complexity index is 1240. The fraction of sp³-hybridized carbons (Fsp3) is 0.360. The Balaban J connectivity index is 1.13. The lowest BCUT2D eigenvalue weighted by atomic mass is 10.1. The Morgan fingerprint density at radius 2 is 1.83 bits per heavy atom. The van der Waals surface area contributed by atoms with Crippen molar-refractivity contribution in [1.82, 2.24) is 20.7 Å². The number of rotatable bonds is 13. The number of H-pyrrole nitrogens is 1. The van der Waals surface area contributed by atoms with Crippen LogP contribution in [0.5, 0.6) is 0 Å². The maximum atomic E-state index is 13.0. The van der Waals surface area contributed by atoms with Crippen molar-refractivity contribution in [1.29, 1.82) is 0 Å². The van der Waals surface area contributed by atoms with Crippen molar-refractivity contribution in [2.45, 2.75) is 32.2 Å². The largest absolute Gasteiger partial charge is 0.416 e. The van der Waals surface area contributed by atoms with E-state index in [1.165, 1.54) is 0 Å². The maximum absolute atomic E-state index is 13.0. The molecule has 2 heterocycles. The quantitative estimate of drug-likeness (QED) is 0.195. The van der Waals surface area contributed by atoms with Gasteiger partial charge in [-0.1, -0.05) is 11.2 Å². The number of aromatic amines is 1. The highest BCUT2D eigenvalue weighted by Crippen LogP contribution is 2.31. The molecule has 0 amide bonds. The predicted octanol–water partition coefficient (Wildman–Crippen LogP) is 4.73. The Morgan fingerprint density at radius 3 is 2.61 bits per heavy atom. The number of ether oxygens (including phenoxy) is 1. The van der Waals surface area contributed by atoms with Crippen LogP contribution in [0.1, 0.15) is 29.5 Å². The van der Waals surface area contributed by atoms with Gasteiger partial charge >= 0.3 is 6.18 Å². The summed E-state index contributed by atoms with van der Waals surface area (Å²) in [5.41, 5.74) is 3.68. The first kappa shape index (κ1) is 25.7. The Labute approximate surface area is 205 Å². The summed E-state index contributed by atoms with van der Waals surface area (Å²) in [5, 5.41) is 27.6. The minimum Gasteiger partial charge on any atom is -0.392 e. The van der Waals surface area contributed by atoms with Gasteiger partial charge in [-0.15, -0.1) is 0 Å². The molecule has 2 aromatic heterocycles. The number of aliphatic hydroxyl groups is 1. The van der Waals surface area contributed by atoms with E-state index in [2.05, 4.69) is 26.0 Å². The number of unbranched alkanes of at least 4 members (excludes halogenated alkanes) is 1. The zero-order valence-corrected chi connectivity index (χ0v) is 19.6. The number of aromatic nitrogens is 3. The molecular weight excluding hydrogens is 475 g/mol. The highest BCUT2D eigenvalue weighted by Gasteiger charge is 2.31. The lowest BCUT2D eigenvalue weighted by Crippen LogP contribution is -2.17. The summed E-state index contributed by atoms with van der Waals surface area (Å²) in [6, 6.07) is 7.67. The number of fused-ring (bicyclic) bond motifs is 1. The van der Waals surface area contributed by atoms with Crippen molar-refractivity contribution in [3.63, 3.8) is 0 Å². The number of alkyl halides is 3. The van der Waals surface area contributed by atoms with Crippen LogP contribution in [-0.2, 0) is 24.1 Å².